The zero-order valence-corrected chi connectivity index (χ0v) is 10.6. The van der Waals surface area contributed by atoms with E-state index in [1.54, 1.807) is 18.4 Å². The van der Waals surface area contributed by atoms with Gasteiger partial charge in [0.1, 0.15) is 0 Å². The molecule has 0 amide bonds. The molecule has 0 aliphatic rings. The summed E-state index contributed by atoms with van der Waals surface area (Å²) in [5, 5.41) is 4.21. The number of benzene rings is 1. The van der Waals surface area contributed by atoms with E-state index in [1.807, 2.05) is 0 Å². The second kappa shape index (κ2) is 5.07. The predicted octanol–water partition coefficient (Wildman–Crippen LogP) is 3.77. The van der Waals surface area contributed by atoms with E-state index in [4.69, 9.17) is 16.0 Å². The van der Waals surface area contributed by atoms with Gasteiger partial charge in [0.05, 0.1) is 11.3 Å². The summed E-state index contributed by atoms with van der Waals surface area (Å²) in [5.74, 6) is -0.479. The number of halogens is 2. The molecule has 2 rings (SSSR count). The molecule has 1 heterocycles. The smallest absolute Gasteiger partial charge is 0.184 e. The average Bonchev–Trinajstić information content (AvgIpc) is 2.67. The van der Waals surface area contributed by atoms with Crippen LogP contribution in [0.5, 0.6) is 0 Å². The summed E-state index contributed by atoms with van der Waals surface area (Å²) < 4.78 is 18.9. The van der Waals surface area contributed by atoms with Gasteiger partial charge in [-0.1, -0.05) is 25.4 Å². The van der Waals surface area contributed by atoms with Gasteiger partial charge >= 0.3 is 0 Å². The monoisotopic (exact) mass is 255 g/mol. The van der Waals surface area contributed by atoms with Crippen LogP contribution in [0.25, 0.3) is 11.0 Å². The minimum atomic E-state index is -0.479. The molecule has 0 spiro atoms. The molecule has 92 valence electrons. The van der Waals surface area contributed by atoms with Gasteiger partial charge in [0.15, 0.2) is 11.4 Å². The highest BCUT2D eigenvalue weighted by Gasteiger charge is 2.12. The molecule has 0 aliphatic carbocycles. The SMILES string of the molecule is CC(C)NCCc1coc2c(F)c(Cl)ccc12. The first kappa shape index (κ1) is 12.4. The Hall–Kier alpha value is -1.06. The maximum Gasteiger partial charge on any atom is 0.184 e. The summed E-state index contributed by atoms with van der Waals surface area (Å²) in [5.41, 5.74) is 1.25. The largest absolute Gasteiger partial charge is 0.461 e. The number of nitrogens with one attached hydrogen (secondary N) is 1. The third-order valence-electron chi connectivity index (χ3n) is 2.66. The Morgan fingerprint density at radius 2 is 2.18 bits per heavy atom. The molecule has 1 aromatic heterocycles. The summed E-state index contributed by atoms with van der Waals surface area (Å²) in [4.78, 5) is 0. The zero-order chi connectivity index (χ0) is 12.4. The van der Waals surface area contributed by atoms with E-state index < -0.39 is 5.82 Å². The second-order valence-electron chi connectivity index (χ2n) is 4.36. The minimum Gasteiger partial charge on any atom is -0.461 e. The fourth-order valence-corrected chi connectivity index (χ4v) is 1.93. The van der Waals surface area contributed by atoms with Crippen molar-refractivity contribution < 1.29 is 8.81 Å². The molecule has 2 aromatic rings. The molecule has 1 N–H and O–H groups in total. The van der Waals surface area contributed by atoms with Gasteiger partial charge in [-0.25, -0.2) is 4.39 Å². The normalized spacial score (nSPS) is 11.6. The highest BCUT2D eigenvalue weighted by molar-refractivity contribution is 6.31. The van der Waals surface area contributed by atoms with Crippen molar-refractivity contribution in [3.05, 3.63) is 34.8 Å². The summed E-state index contributed by atoms with van der Waals surface area (Å²) in [6.45, 7) is 5.02. The van der Waals surface area contributed by atoms with Crippen molar-refractivity contribution in [1.82, 2.24) is 5.32 Å². The van der Waals surface area contributed by atoms with Crippen molar-refractivity contribution in [2.45, 2.75) is 26.3 Å². The average molecular weight is 256 g/mol. The van der Waals surface area contributed by atoms with Crippen LogP contribution in [-0.2, 0) is 6.42 Å². The first-order chi connectivity index (χ1) is 8.09. The Bertz CT molecular complexity index is 521. The highest BCUT2D eigenvalue weighted by Crippen LogP contribution is 2.28. The standard InChI is InChI=1S/C13H15ClFNO/c1-8(2)16-6-5-9-7-17-13-10(9)3-4-11(14)12(13)15/h3-4,7-8,16H,5-6H2,1-2H3. The Labute approximate surface area is 105 Å². The molecule has 0 atom stereocenters. The predicted molar refractivity (Wildman–Crippen MR) is 68.0 cm³/mol. The number of rotatable bonds is 4. The van der Waals surface area contributed by atoms with Gasteiger partial charge in [0.25, 0.3) is 0 Å². The van der Waals surface area contributed by atoms with Crippen LogP contribution in [0.1, 0.15) is 19.4 Å². The molecule has 0 saturated heterocycles. The third kappa shape index (κ3) is 2.61. The molecule has 0 saturated carbocycles. The van der Waals surface area contributed by atoms with Crippen LogP contribution in [0.15, 0.2) is 22.8 Å². The van der Waals surface area contributed by atoms with E-state index in [2.05, 4.69) is 19.2 Å². The fraction of sp³-hybridized carbons (Fsp3) is 0.385. The van der Waals surface area contributed by atoms with Crippen molar-refractivity contribution in [1.29, 1.82) is 0 Å². The Kier molecular flexibility index (Phi) is 3.69. The van der Waals surface area contributed by atoms with Crippen LogP contribution in [0, 0.1) is 5.82 Å². The number of furan rings is 1. The highest BCUT2D eigenvalue weighted by atomic mass is 35.5. The van der Waals surface area contributed by atoms with Crippen molar-refractivity contribution in [2.75, 3.05) is 6.54 Å². The molecule has 0 bridgehead atoms. The zero-order valence-electron chi connectivity index (χ0n) is 9.89. The van der Waals surface area contributed by atoms with Crippen molar-refractivity contribution in [3.63, 3.8) is 0 Å². The number of hydrogen-bond acceptors (Lipinski definition) is 2. The van der Waals surface area contributed by atoms with Gasteiger partial charge in [0, 0.05) is 11.4 Å². The Morgan fingerprint density at radius 3 is 2.88 bits per heavy atom. The van der Waals surface area contributed by atoms with Gasteiger partial charge in [0.2, 0.25) is 0 Å². The summed E-state index contributed by atoms with van der Waals surface area (Å²) >= 11 is 5.70. The van der Waals surface area contributed by atoms with Crippen molar-refractivity contribution in [3.8, 4) is 0 Å². The Morgan fingerprint density at radius 1 is 1.41 bits per heavy atom. The second-order valence-corrected chi connectivity index (χ2v) is 4.77. The van der Waals surface area contributed by atoms with Crippen LogP contribution in [0.4, 0.5) is 4.39 Å². The van der Waals surface area contributed by atoms with E-state index >= 15 is 0 Å². The number of fused-ring (bicyclic) bond motifs is 1. The van der Waals surface area contributed by atoms with E-state index in [0.29, 0.717) is 6.04 Å². The van der Waals surface area contributed by atoms with E-state index in [1.165, 1.54) is 0 Å². The van der Waals surface area contributed by atoms with E-state index in [-0.39, 0.29) is 10.6 Å². The third-order valence-corrected chi connectivity index (χ3v) is 2.95. The lowest BCUT2D eigenvalue weighted by Crippen LogP contribution is -2.24. The summed E-state index contributed by atoms with van der Waals surface area (Å²) in [7, 11) is 0. The lowest BCUT2D eigenvalue weighted by Gasteiger charge is -2.06. The molecule has 2 nitrogen and oxygen atoms in total. The van der Waals surface area contributed by atoms with Gasteiger partial charge < -0.3 is 9.73 Å². The Balaban J connectivity index is 2.22. The summed E-state index contributed by atoms with van der Waals surface area (Å²) in [6.07, 6.45) is 2.42. The molecular formula is C13H15ClFNO. The van der Waals surface area contributed by atoms with Crippen molar-refractivity contribution in [2.24, 2.45) is 0 Å². The van der Waals surface area contributed by atoms with Gasteiger partial charge in [-0.05, 0) is 30.7 Å². The van der Waals surface area contributed by atoms with Gasteiger partial charge in [-0.2, -0.15) is 0 Å². The summed E-state index contributed by atoms with van der Waals surface area (Å²) in [6, 6.07) is 3.81. The minimum absolute atomic E-state index is 0.0960. The molecule has 4 heteroatoms. The van der Waals surface area contributed by atoms with Crippen LogP contribution in [0.3, 0.4) is 0 Å². The molecule has 1 aromatic carbocycles. The van der Waals surface area contributed by atoms with Gasteiger partial charge in [-0.15, -0.1) is 0 Å². The first-order valence-corrected chi connectivity index (χ1v) is 6.05. The van der Waals surface area contributed by atoms with Gasteiger partial charge in [-0.3, -0.25) is 0 Å². The van der Waals surface area contributed by atoms with Crippen LogP contribution < -0.4 is 5.32 Å². The maximum absolute atomic E-state index is 13.6. The molecular weight excluding hydrogens is 241 g/mol. The van der Waals surface area contributed by atoms with E-state index in [9.17, 15) is 4.39 Å². The number of hydrogen-bond donors (Lipinski definition) is 1. The molecule has 0 radical (unpaired) electrons. The first-order valence-electron chi connectivity index (χ1n) is 5.67. The maximum atomic E-state index is 13.6. The quantitative estimate of drug-likeness (QED) is 0.900. The topological polar surface area (TPSA) is 25.2 Å². The lowest BCUT2D eigenvalue weighted by molar-refractivity contribution is 0.554. The van der Waals surface area contributed by atoms with Crippen LogP contribution >= 0.6 is 11.6 Å². The van der Waals surface area contributed by atoms with Crippen molar-refractivity contribution >= 4 is 22.6 Å². The fourth-order valence-electron chi connectivity index (χ4n) is 1.78. The molecule has 17 heavy (non-hydrogen) atoms. The van der Waals surface area contributed by atoms with Crippen LogP contribution in [0.2, 0.25) is 5.02 Å². The lowest BCUT2D eigenvalue weighted by atomic mass is 10.1. The molecule has 0 fully saturated rings. The van der Waals surface area contributed by atoms with E-state index in [0.717, 1.165) is 23.9 Å². The molecule has 0 aliphatic heterocycles. The van der Waals surface area contributed by atoms with Crippen LogP contribution in [-0.4, -0.2) is 12.6 Å². The molecule has 0 unspecified atom stereocenters.